The molecule has 2 aromatic carbocycles. The second kappa shape index (κ2) is 9.05. The summed E-state index contributed by atoms with van der Waals surface area (Å²) in [6, 6.07) is 13.5. The Morgan fingerprint density at radius 3 is 2.42 bits per heavy atom. The smallest absolute Gasteiger partial charge is 0.325 e. The number of imide groups is 1. The zero-order valence-corrected chi connectivity index (χ0v) is 18.8. The minimum absolute atomic E-state index is 0.145. The maximum Gasteiger partial charge on any atom is 0.325 e. The topological polar surface area (TPSA) is 108 Å². The number of carbonyl (C=O) groups excluding carboxylic acids is 4. The molecule has 8 nitrogen and oxygen atoms in total. The summed E-state index contributed by atoms with van der Waals surface area (Å²) in [7, 11) is 0. The molecule has 0 bridgehead atoms. The van der Waals surface area contributed by atoms with E-state index in [2.05, 4.69) is 16.0 Å². The van der Waals surface area contributed by atoms with Gasteiger partial charge in [-0.15, -0.1) is 0 Å². The number of urea groups is 1. The van der Waals surface area contributed by atoms with Crippen molar-refractivity contribution in [2.75, 3.05) is 11.9 Å². The molecule has 2 aromatic rings. The van der Waals surface area contributed by atoms with Crippen molar-refractivity contribution in [2.45, 2.75) is 51.1 Å². The molecule has 1 saturated carbocycles. The molecule has 2 aliphatic rings. The van der Waals surface area contributed by atoms with Gasteiger partial charge in [0.05, 0.1) is 11.3 Å². The summed E-state index contributed by atoms with van der Waals surface area (Å²) in [5, 5.41) is 8.39. The summed E-state index contributed by atoms with van der Waals surface area (Å²) in [6.07, 6.45) is 4.09. The van der Waals surface area contributed by atoms with E-state index < -0.39 is 29.9 Å². The standard InChI is InChI=1S/C25H28N4O4/c1-16-11-13-17(14-12-16)25(2)23(32)29(24(33)28-25)15-21(30)27-20-10-6-5-9-19(20)22(31)26-18-7-3-4-8-18/h5-6,9-14,18H,3-4,7-8,15H2,1-2H3,(H,26,31)(H,27,30)(H,28,33)/t25-/m0/s1. The van der Waals surface area contributed by atoms with Gasteiger partial charge in [0, 0.05) is 6.04 Å². The third-order valence-electron chi connectivity index (χ3n) is 6.34. The summed E-state index contributed by atoms with van der Waals surface area (Å²) < 4.78 is 0. The average Bonchev–Trinajstić information content (AvgIpc) is 3.37. The Balaban J connectivity index is 1.45. The van der Waals surface area contributed by atoms with E-state index in [-0.39, 0.29) is 11.9 Å². The molecule has 1 saturated heterocycles. The number of nitrogens with zero attached hydrogens (tertiary/aromatic N) is 1. The molecule has 1 heterocycles. The van der Waals surface area contributed by atoms with Gasteiger partial charge in [-0.2, -0.15) is 0 Å². The van der Waals surface area contributed by atoms with Gasteiger partial charge in [0.1, 0.15) is 12.1 Å². The lowest BCUT2D eigenvalue weighted by Crippen LogP contribution is -2.42. The molecule has 0 unspecified atom stereocenters. The van der Waals surface area contributed by atoms with Gasteiger partial charge >= 0.3 is 6.03 Å². The van der Waals surface area contributed by atoms with Gasteiger partial charge in [-0.1, -0.05) is 54.8 Å². The fourth-order valence-corrected chi connectivity index (χ4v) is 4.38. The fraction of sp³-hybridized carbons (Fsp3) is 0.360. The number of hydrogen-bond donors (Lipinski definition) is 3. The Bertz CT molecular complexity index is 1090. The van der Waals surface area contributed by atoms with Crippen molar-refractivity contribution in [1.82, 2.24) is 15.5 Å². The highest BCUT2D eigenvalue weighted by Crippen LogP contribution is 2.29. The molecule has 4 rings (SSSR count). The highest BCUT2D eigenvalue weighted by molar-refractivity contribution is 6.11. The Morgan fingerprint density at radius 1 is 1.06 bits per heavy atom. The average molecular weight is 449 g/mol. The van der Waals surface area contributed by atoms with E-state index >= 15 is 0 Å². The van der Waals surface area contributed by atoms with Crippen LogP contribution in [-0.2, 0) is 15.1 Å². The van der Waals surface area contributed by atoms with Crippen molar-refractivity contribution in [3.8, 4) is 0 Å². The molecule has 2 fully saturated rings. The van der Waals surface area contributed by atoms with Crippen LogP contribution in [0.15, 0.2) is 48.5 Å². The summed E-state index contributed by atoms with van der Waals surface area (Å²) in [6.45, 7) is 3.10. The summed E-state index contributed by atoms with van der Waals surface area (Å²) in [5.41, 5.74) is 1.12. The number of para-hydroxylation sites is 1. The van der Waals surface area contributed by atoms with Crippen molar-refractivity contribution in [1.29, 1.82) is 0 Å². The largest absolute Gasteiger partial charge is 0.349 e. The number of nitrogens with one attached hydrogen (secondary N) is 3. The number of hydrogen-bond acceptors (Lipinski definition) is 4. The van der Waals surface area contributed by atoms with Crippen molar-refractivity contribution >= 4 is 29.4 Å². The van der Waals surface area contributed by atoms with Gasteiger partial charge in [0.25, 0.3) is 11.8 Å². The lowest BCUT2D eigenvalue weighted by Gasteiger charge is -2.22. The monoisotopic (exact) mass is 448 g/mol. The van der Waals surface area contributed by atoms with Crippen LogP contribution in [0.4, 0.5) is 10.5 Å². The Kier molecular flexibility index (Phi) is 6.18. The quantitative estimate of drug-likeness (QED) is 0.590. The molecule has 1 atom stereocenters. The van der Waals surface area contributed by atoms with Crippen LogP contribution in [0.25, 0.3) is 0 Å². The first-order valence-corrected chi connectivity index (χ1v) is 11.2. The molecular formula is C25H28N4O4. The lowest BCUT2D eigenvalue weighted by atomic mass is 9.91. The molecule has 1 aliphatic heterocycles. The van der Waals surface area contributed by atoms with Gasteiger partial charge < -0.3 is 16.0 Å². The molecule has 1 aliphatic carbocycles. The Hall–Kier alpha value is -3.68. The Morgan fingerprint density at radius 2 is 1.73 bits per heavy atom. The maximum absolute atomic E-state index is 13.1. The SMILES string of the molecule is Cc1ccc([C@]2(C)NC(=O)N(CC(=O)Nc3ccccc3C(=O)NC3CCCC3)C2=O)cc1. The van der Waals surface area contributed by atoms with Crippen molar-refractivity contribution < 1.29 is 19.2 Å². The lowest BCUT2D eigenvalue weighted by molar-refractivity contribution is -0.133. The molecule has 172 valence electrons. The molecule has 5 amide bonds. The molecule has 3 N–H and O–H groups in total. The van der Waals surface area contributed by atoms with E-state index in [0.29, 0.717) is 16.8 Å². The van der Waals surface area contributed by atoms with Gasteiger partial charge in [0.2, 0.25) is 5.91 Å². The summed E-state index contributed by atoms with van der Waals surface area (Å²) >= 11 is 0. The van der Waals surface area contributed by atoms with Crippen molar-refractivity contribution in [2.24, 2.45) is 0 Å². The molecule has 33 heavy (non-hydrogen) atoms. The van der Waals surface area contributed by atoms with Crippen LogP contribution < -0.4 is 16.0 Å². The number of carbonyl (C=O) groups is 4. The number of amides is 5. The zero-order valence-electron chi connectivity index (χ0n) is 18.8. The van der Waals surface area contributed by atoms with Crippen LogP contribution in [-0.4, -0.2) is 41.2 Å². The second-order valence-corrected chi connectivity index (χ2v) is 8.86. The normalized spacial score (nSPS) is 20.6. The Labute approximate surface area is 192 Å². The van der Waals surface area contributed by atoms with Gasteiger partial charge in [-0.05, 0) is 44.4 Å². The first kappa shape index (κ1) is 22.5. The van der Waals surface area contributed by atoms with Gasteiger partial charge in [0.15, 0.2) is 0 Å². The highest BCUT2D eigenvalue weighted by Gasteiger charge is 2.49. The van der Waals surface area contributed by atoms with E-state index in [1.54, 1.807) is 43.3 Å². The van der Waals surface area contributed by atoms with E-state index in [9.17, 15) is 19.2 Å². The first-order chi connectivity index (χ1) is 15.8. The summed E-state index contributed by atoms with van der Waals surface area (Å²) in [5.74, 6) is -1.31. The van der Waals surface area contributed by atoms with E-state index in [1.807, 2.05) is 19.1 Å². The predicted molar refractivity (Wildman–Crippen MR) is 124 cm³/mol. The maximum atomic E-state index is 13.1. The number of anilines is 1. The fourth-order valence-electron chi connectivity index (χ4n) is 4.38. The zero-order chi connectivity index (χ0) is 23.6. The number of aryl methyl sites for hydroxylation is 1. The summed E-state index contributed by atoms with van der Waals surface area (Å²) in [4.78, 5) is 52.0. The van der Waals surface area contributed by atoms with Gasteiger partial charge in [-0.25, -0.2) is 4.79 Å². The molecular weight excluding hydrogens is 420 g/mol. The van der Waals surface area contributed by atoms with Gasteiger partial charge in [-0.3, -0.25) is 19.3 Å². The molecule has 0 aromatic heterocycles. The molecule has 0 spiro atoms. The third-order valence-corrected chi connectivity index (χ3v) is 6.34. The van der Waals surface area contributed by atoms with Crippen LogP contribution in [0.3, 0.4) is 0 Å². The van der Waals surface area contributed by atoms with Crippen LogP contribution in [0.5, 0.6) is 0 Å². The minimum Gasteiger partial charge on any atom is -0.349 e. The minimum atomic E-state index is -1.25. The van der Waals surface area contributed by atoms with Crippen LogP contribution in [0.2, 0.25) is 0 Å². The highest BCUT2D eigenvalue weighted by atomic mass is 16.2. The van der Waals surface area contributed by atoms with Crippen molar-refractivity contribution in [3.05, 3.63) is 65.2 Å². The van der Waals surface area contributed by atoms with Crippen LogP contribution >= 0.6 is 0 Å². The molecule has 8 heteroatoms. The number of rotatable bonds is 6. The van der Waals surface area contributed by atoms with Crippen molar-refractivity contribution in [3.63, 3.8) is 0 Å². The van der Waals surface area contributed by atoms with Crippen LogP contribution in [0, 0.1) is 6.92 Å². The molecule has 0 radical (unpaired) electrons. The van der Waals surface area contributed by atoms with E-state index in [4.69, 9.17) is 0 Å². The predicted octanol–water partition coefficient (Wildman–Crippen LogP) is 3.07. The van der Waals surface area contributed by atoms with E-state index in [0.717, 1.165) is 36.1 Å². The van der Waals surface area contributed by atoms with Crippen LogP contribution in [0.1, 0.15) is 54.1 Å². The second-order valence-electron chi connectivity index (χ2n) is 8.86. The first-order valence-electron chi connectivity index (χ1n) is 11.2. The van der Waals surface area contributed by atoms with E-state index in [1.165, 1.54) is 0 Å². The number of benzene rings is 2. The third kappa shape index (κ3) is 4.60.